The minimum absolute atomic E-state index is 0.0628. The largest absolute Gasteiger partial charge is 0.377 e. The smallest absolute Gasteiger partial charge is 0.242 e. The van der Waals surface area contributed by atoms with Gasteiger partial charge in [0.05, 0.1) is 31.1 Å². The van der Waals surface area contributed by atoms with Crippen LogP contribution in [0.2, 0.25) is 5.02 Å². The van der Waals surface area contributed by atoms with E-state index < -0.39 is 51.6 Å². The molecule has 1 aliphatic heterocycles. The van der Waals surface area contributed by atoms with Crippen molar-refractivity contribution in [2.24, 2.45) is 5.73 Å². The molecular weight excluding hydrogens is 610 g/mol. The van der Waals surface area contributed by atoms with E-state index in [0.29, 0.717) is 35.7 Å². The lowest BCUT2D eigenvalue weighted by atomic mass is 9.85. The van der Waals surface area contributed by atoms with Crippen LogP contribution in [0, 0.1) is 11.6 Å². The number of nitrogens with zero attached hydrogens (tertiary/aromatic N) is 1. The van der Waals surface area contributed by atoms with E-state index in [1.165, 1.54) is 40.9 Å². The Kier molecular flexibility index (Phi) is 11.5. The quantitative estimate of drug-likeness (QED) is 0.263. The average molecular weight is 649 g/mol. The Bertz CT molecular complexity index is 1510. The molecule has 0 bridgehead atoms. The summed E-state index contributed by atoms with van der Waals surface area (Å²) in [4.78, 5) is 13.6. The molecule has 0 aliphatic carbocycles. The first kappa shape index (κ1) is 34.0. The number of anilines is 1. The van der Waals surface area contributed by atoms with Crippen molar-refractivity contribution < 1.29 is 26.7 Å². The number of hydrogen-bond donors (Lipinski definition) is 3. The highest BCUT2D eigenvalue weighted by atomic mass is 35.5. The molecule has 1 heterocycles. The number of sulfonamides is 1. The van der Waals surface area contributed by atoms with Crippen LogP contribution in [0.3, 0.4) is 0 Å². The summed E-state index contributed by atoms with van der Waals surface area (Å²) in [5.41, 5.74) is 8.07. The predicted octanol–water partition coefficient (Wildman–Crippen LogP) is 4.68. The Morgan fingerprint density at radius 2 is 1.73 bits per heavy atom. The molecule has 4 rings (SSSR count). The summed E-state index contributed by atoms with van der Waals surface area (Å²) in [6, 6.07) is 15.0. The van der Waals surface area contributed by atoms with E-state index in [9.17, 15) is 17.6 Å². The number of nitrogens with one attached hydrogen (secondary N) is 2. The predicted molar refractivity (Wildman–Crippen MR) is 169 cm³/mol. The molecule has 3 aromatic rings. The summed E-state index contributed by atoms with van der Waals surface area (Å²) in [5, 5.41) is 6.48. The third-order valence-electron chi connectivity index (χ3n) is 7.67. The Labute approximate surface area is 263 Å². The minimum Gasteiger partial charge on any atom is -0.377 e. The van der Waals surface area contributed by atoms with Gasteiger partial charge in [-0.25, -0.2) is 17.2 Å². The van der Waals surface area contributed by atoms with Gasteiger partial charge < -0.3 is 21.1 Å². The highest BCUT2D eigenvalue weighted by molar-refractivity contribution is 7.88. The summed E-state index contributed by atoms with van der Waals surface area (Å²) in [6.45, 7) is 4.82. The number of carbonyl (C=O) groups excluding carboxylic acids is 1. The molecule has 1 unspecified atom stereocenters. The van der Waals surface area contributed by atoms with Gasteiger partial charge in [0.2, 0.25) is 15.9 Å². The van der Waals surface area contributed by atoms with Gasteiger partial charge in [-0.3, -0.25) is 4.79 Å². The maximum Gasteiger partial charge on any atom is 0.242 e. The molecular formula is C32H39ClF2N4O4S. The summed E-state index contributed by atoms with van der Waals surface area (Å²) < 4.78 is 62.3. The van der Waals surface area contributed by atoms with E-state index in [-0.39, 0.29) is 30.4 Å². The van der Waals surface area contributed by atoms with Gasteiger partial charge in [0.1, 0.15) is 11.6 Å². The maximum atomic E-state index is 15.2. The van der Waals surface area contributed by atoms with Gasteiger partial charge in [-0.1, -0.05) is 41.9 Å². The summed E-state index contributed by atoms with van der Waals surface area (Å²) >= 11 is 6.23. The van der Waals surface area contributed by atoms with E-state index in [4.69, 9.17) is 22.1 Å². The van der Waals surface area contributed by atoms with Crippen LogP contribution >= 0.6 is 11.6 Å². The zero-order chi connectivity index (χ0) is 32.0. The van der Waals surface area contributed by atoms with E-state index in [1.807, 2.05) is 13.8 Å². The first-order valence-electron chi connectivity index (χ1n) is 14.5. The van der Waals surface area contributed by atoms with Crippen LogP contribution in [0.25, 0.3) is 0 Å². The second-order valence-electron chi connectivity index (χ2n) is 11.3. The number of piperazine rings is 1. The monoisotopic (exact) mass is 648 g/mol. The first-order valence-corrected chi connectivity index (χ1v) is 16.7. The molecule has 0 saturated carbocycles. The SMILES string of the molecule is CC(C)OCC1CNC[C@H](CCc2c(F)cccc2NC(=O)[C@@H](N)[C@H](c2cccc(F)c2)c2cccc(Cl)c2)N1S(C)(=O)=O. The Morgan fingerprint density at radius 1 is 1.07 bits per heavy atom. The number of carbonyl (C=O) groups is 1. The van der Waals surface area contributed by atoms with Crippen LogP contribution < -0.4 is 16.4 Å². The van der Waals surface area contributed by atoms with E-state index in [1.54, 1.807) is 36.4 Å². The lowest BCUT2D eigenvalue weighted by molar-refractivity contribution is -0.117. The second kappa shape index (κ2) is 14.9. The summed E-state index contributed by atoms with van der Waals surface area (Å²) in [6.07, 6.45) is 1.54. The fourth-order valence-corrected chi connectivity index (χ4v) is 7.31. The number of amides is 1. The summed E-state index contributed by atoms with van der Waals surface area (Å²) in [5.74, 6) is -2.37. The van der Waals surface area contributed by atoms with Crippen LogP contribution in [0.5, 0.6) is 0 Å². The van der Waals surface area contributed by atoms with Crippen molar-refractivity contribution in [2.75, 3.05) is 31.3 Å². The van der Waals surface area contributed by atoms with Gasteiger partial charge >= 0.3 is 0 Å². The molecule has 1 saturated heterocycles. The van der Waals surface area contributed by atoms with Crippen molar-refractivity contribution >= 4 is 33.2 Å². The number of nitrogens with two attached hydrogens (primary N) is 1. The van der Waals surface area contributed by atoms with Crippen LogP contribution in [0.1, 0.15) is 42.9 Å². The van der Waals surface area contributed by atoms with Crippen molar-refractivity contribution in [1.29, 1.82) is 0 Å². The van der Waals surface area contributed by atoms with Crippen molar-refractivity contribution in [3.05, 3.63) is 100 Å². The number of halogens is 3. The molecule has 1 fully saturated rings. The molecule has 4 N–H and O–H groups in total. The van der Waals surface area contributed by atoms with Gasteiger partial charge in [0.25, 0.3) is 0 Å². The van der Waals surface area contributed by atoms with E-state index in [2.05, 4.69) is 10.6 Å². The molecule has 12 heteroatoms. The molecule has 0 aromatic heterocycles. The molecule has 4 atom stereocenters. The number of hydrogen-bond acceptors (Lipinski definition) is 6. The van der Waals surface area contributed by atoms with E-state index in [0.717, 1.165) is 0 Å². The minimum atomic E-state index is -3.60. The Balaban J connectivity index is 1.56. The van der Waals surface area contributed by atoms with Crippen LogP contribution in [0.15, 0.2) is 66.7 Å². The Morgan fingerprint density at radius 3 is 2.39 bits per heavy atom. The molecule has 238 valence electrons. The number of ether oxygens (including phenoxy) is 1. The van der Waals surface area contributed by atoms with Gasteiger partial charge in [-0.05, 0) is 74.2 Å². The number of benzene rings is 3. The van der Waals surface area contributed by atoms with Gasteiger partial charge in [-0.15, -0.1) is 0 Å². The zero-order valence-electron chi connectivity index (χ0n) is 25.0. The molecule has 0 radical (unpaired) electrons. The second-order valence-corrected chi connectivity index (χ2v) is 13.7. The fourth-order valence-electron chi connectivity index (χ4n) is 5.72. The summed E-state index contributed by atoms with van der Waals surface area (Å²) in [7, 11) is -3.60. The molecule has 1 aliphatic rings. The first-order chi connectivity index (χ1) is 20.8. The molecule has 8 nitrogen and oxygen atoms in total. The van der Waals surface area contributed by atoms with Crippen LogP contribution in [-0.4, -0.2) is 68.8 Å². The highest BCUT2D eigenvalue weighted by Crippen LogP contribution is 2.31. The highest BCUT2D eigenvalue weighted by Gasteiger charge is 2.37. The molecule has 44 heavy (non-hydrogen) atoms. The van der Waals surface area contributed by atoms with Gasteiger partial charge in [-0.2, -0.15) is 4.31 Å². The van der Waals surface area contributed by atoms with Crippen LogP contribution in [-0.2, 0) is 26.0 Å². The third kappa shape index (κ3) is 8.62. The lowest BCUT2D eigenvalue weighted by Crippen LogP contribution is -2.60. The lowest BCUT2D eigenvalue weighted by Gasteiger charge is -2.41. The standard InChI is InChI=1S/C32H39ClF2N4O4S/c1-20(2)43-19-26-18-37-17-25(39(26)44(3,41)42)13-14-27-28(35)11-6-12-29(27)38-32(40)31(36)30(21-7-4-9-23(33)15-21)22-8-5-10-24(34)16-22/h4-12,15-16,20,25-26,30-31,37H,13-14,17-19,36H2,1-3H3,(H,38,40)/t25-,26?,30-,31-/m0/s1. The molecule has 1 amide bonds. The van der Waals surface area contributed by atoms with Crippen molar-refractivity contribution in [3.8, 4) is 0 Å². The molecule has 0 spiro atoms. The van der Waals surface area contributed by atoms with Crippen molar-refractivity contribution in [1.82, 2.24) is 9.62 Å². The topological polar surface area (TPSA) is 114 Å². The normalized spacial score (nSPS) is 19.1. The Hall–Kier alpha value is -2.93. The van der Waals surface area contributed by atoms with Gasteiger partial charge in [0.15, 0.2) is 0 Å². The zero-order valence-corrected chi connectivity index (χ0v) is 26.5. The maximum absolute atomic E-state index is 15.2. The van der Waals surface area contributed by atoms with Gasteiger partial charge in [0, 0.05) is 41.3 Å². The van der Waals surface area contributed by atoms with Crippen LogP contribution in [0.4, 0.5) is 14.5 Å². The van der Waals surface area contributed by atoms with Crippen molar-refractivity contribution in [2.45, 2.75) is 56.8 Å². The molecule has 3 aromatic carbocycles. The third-order valence-corrected chi connectivity index (χ3v) is 9.26. The number of rotatable bonds is 12. The average Bonchev–Trinajstić information content (AvgIpc) is 2.95. The fraction of sp³-hybridized carbons (Fsp3) is 0.406. The van der Waals surface area contributed by atoms with Crippen molar-refractivity contribution in [3.63, 3.8) is 0 Å². The van der Waals surface area contributed by atoms with E-state index >= 15 is 4.39 Å².